The molecule has 96 valence electrons. The number of aromatic nitrogens is 1. The molecule has 1 atom stereocenters. The zero-order valence-electron chi connectivity index (χ0n) is 10.1. The van der Waals surface area contributed by atoms with E-state index in [9.17, 15) is 14.7 Å². The maximum atomic E-state index is 11.2. The number of hydrogen-bond acceptors (Lipinski definition) is 4. The Morgan fingerprint density at radius 2 is 2.22 bits per heavy atom. The lowest BCUT2D eigenvalue weighted by Gasteiger charge is -2.17. The number of likely N-dealkylation sites (N-methyl/N-ethyl adjacent to an activating group) is 1. The van der Waals surface area contributed by atoms with Crippen LogP contribution in [0.3, 0.4) is 0 Å². The van der Waals surface area contributed by atoms with Gasteiger partial charge in [0.1, 0.15) is 0 Å². The number of oxazole rings is 1. The molecule has 0 amide bonds. The van der Waals surface area contributed by atoms with Crippen LogP contribution < -0.4 is 5.76 Å². The molecule has 2 N–H and O–H groups in total. The number of aromatic amines is 1. The summed E-state index contributed by atoms with van der Waals surface area (Å²) in [5, 5.41) is 9.23. The van der Waals surface area contributed by atoms with Gasteiger partial charge in [-0.2, -0.15) is 0 Å². The zero-order valence-corrected chi connectivity index (χ0v) is 10.1. The molecule has 0 saturated heterocycles. The Morgan fingerprint density at radius 3 is 2.83 bits per heavy atom. The van der Waals surface area contributed by atoms with Crippen molar-refractivity contribution in [2.75, 3.05) is 20.6 Å². The lowest BCUT2D eigenvalue weighted by Crippen LogP contribution is -2.25. The summed E-state index contributed by atoms with van der Waals surface area (Å²) >= 11 is 0. The van der Waals surface area contributed by atoms with Crippen LogP contribution in [0.25, 0.3) is 11.1 Å². The summed E-state index contributed by atoms with van der Waals surface area (Å²) in [7, 11) is 3.62. The van der Waals surface area contributed by atoms with Gasteiger partial charge in [-0.3, -0.25) is 9.78 Å². The van der Waals surface area contributed by atoms with Crippen molar-refractivity contribution in [1.29, 1.82) is 0 Å². The van der Waals surface area contributed by atoms with Gasteiger partial charge in [0.2, 0.25) is 0 Å². The van der Waals surface area contributed by atoms with E-state index in [1.807, 2.05) is 14.1 Å². The highest BCUT2D eigenvalue weighted by Crippen LogP contribution is 2.21. The Balaban J connectivity index is 2.43. The second-order valence-electron chi connectivity index (χ2n) is 4.42. The van der Waals surface area contributed by atoms with E-state index in [2.05, 4.69) is 4.98 Å². The van der Waals surface area contributed by atoms with Gasteiger partial charge in [-0.15, -0.1) is 0 Å². The summed E-state index contributed by atoms with van der Waals surface area (Å²) in [4.78, 5) is 26.6. The molecule has 2 aromatic rings. The number of H-pyrrole nitrogens is 1. The number of carboxylic acids is 1. The summed E-state index contributed by atoms with van der Waals surface area (Å²) in [6.07, 6.45) is 0. The average molecular weight is 250 g/mol. The van der Waals surface area contributed by atoms with Crippen LogP contribution in [0.1, 0.15) is 11.5 Å². The third-order valence-corrected chi connectivity index (χ3v) is 2.69. The quantitative estimate of drug-likeness (QED) is 0.840. The molecule has 0 aliphatic rings. The summed E-state index contributed by atoms with van der Waals surface area (Å²) in [5.74, 6) is -2.09. The normalized spacial score (nSPS) is 13.1. The van der Waals surface area contributed by atoms with Crippen molar-refractivity contribution in [1.82, 2.24) is 9.88 Å². The Labute approximate surface area is 103 Å². The number of benzene rings is 1. The number of fused-ring (bicyclic) bond motifs is 1. The number of aliphatic carboxylic acids is 1. The fourth-order valence-corrected chi connectivity index (χ4v) is 1.87. The Morgan fingerprint density at radius 1 is 1.50 bits per heavy atom. The van der Waals surface area contributed by atoms with Crippen LogP contribution in [0.2, 0.25) is 0 Å². The van der Waals surface area contributed by atoms with Gasteiger partial charge in [-0.1, -0.05) is 6.07 Å². The molecule has 1 aromatic heterocycles. The van der Waals surface area contributed by atoms with E-state index in [-0.39, 0.29) is 0 Å². The van der Waals surface area contributed by atoms with E-state index in [1.54, 1.807) is 23.1 Å². The highest BCUT2D eigenvalue weighted by molar-refractivity contribution is 5.80. The Hall–Kier alpha value is -2.08. The van der Waals surface area contributed by atoms with Crippen LogP contribution in [-0.4, -0.2) is 41.6 Å². The molecule has 0 radical (unpaired) electrons. The third-order valence-electron chi connectivity index (χ3n) is 2.69. The second kappa shape index (κ2) is 4.66. The number of hydrogen-bond donors (Lipinski definition) is 2. The van der Waals surface area contributed by atoms with Gasteiger partial charge >= 0.3 is 11.7 Å². The van der Waals surface area contributed by atoms with Gasteiger partial charge in [0, 0.05) is 6.54 Å². The molecule has 1 heterocycles. The predicted octanol–water partition coefficient (Wildman–Crippen LogP) is 0.851. The van der Waals surface area contributed by atoms with E-state index in [4.69, 9.17) is 4.42 Å². The topological polar surface area (TPSA) is 86.5 Å². The maximum absolute atomic E-state index is 11.2. The van der Waals surface area contributed by atoms with Gasteiger partial charge in [0.05, 0.1) is 11.4 Å². The molecule has 0 spiro atoms. The molecular formula is C12H14N2O4. The molecule has 0 aliphatic carbocycles. The first-order chi connectivity index (χ1) is 8.47. The number of nitrogens with one attached hydrogen (secondary N) is 1. The molecule has 18 heavy (non-hydrogen) atoms. The standard InChI is InChI=1S/C12H14N2O4/c1-14(2)6-8(11(15)16)7-3-4-9-10(5-7)18-12(17)13-9/h3-5,8H,6H2,1-2H3,(H,13,17)(H,15,16). The smallest absolute Gasteiger partial charge is 0.417 e. The molecule has 0 aliphatic heterocycles. The van der Waals surface area contributed by atoms with Crippen molar-refractivity contribution in [3.8, 4) is 0 Å². The second-order valence-corrected chi connectivity index (χ2v) is 4.42. The minimum absolute atomic E-state index is 0.377. The van der Waals surface area contributed by atoms with Crippen molar-refractivity contribution in [2.45, 2.75) is 5.92 Å². The van der Waals surface area contributed by atoms with E-state index in [1.165, 1.54) is 0 Å². The van der Waals surface area contributed by atoms with Crippen molar-refractivity contribution >= 4 is 17.1 Å². The molecule has 1 aromatic carbocycles. The first-order valence-electron chi connectivity index (χ1n) is 5.47. The number of rotatable bonds is 4. The fourth-order valence-electron chi connectivity index (χ4n) is 1.87. The first-order valence-corrected chi connectivity index (χ1v) is 5.47. The van der Waals surface area contributed by atoms with Crippen LogP contribution in [0.15, 0.2) is 27.4 Å². The van der Waals surface area contributed by atoms with Gasteiger partial charge in [0.15, 0.2) is 5.58 Å². The van der Waals surface area contributed by atoms with Crippen molar-refractivity contribution in [3.05, 3.63) is 34.3 Å². The monoisotopic (exact) mass is 250 g/mol. The summed E-state index contributed by atoms with van der Waals surface area (Å²) < 4.78 is 4.93. The third kappa shape index (κ3) is 2.43. The lowest BCUT2D eigenvalue weighted by molar-refractivity contribution is -0.139. The Bertz CT molecular complexity index is 626. The number of nitrogens with zero attached hydrogens (tertiary/aromatic N) is 1. The molecule has 6 heteroatoms. The summed E-state index contributed by atoms with van der Waals surface area (Å²) in [6, 6.07) is 4.94. The molecular weight excluding hydrogens is 236 g/mol. The van der Waals surface area contributed by atoms with E-state index < -0.39 is 17.6 Å². The molecule has 6 nitrogen and oxygen atoms in total. The van der Waals surface area contributed by atoms with Gasteiger partial charge in [-0.05, 0) is 31.8 Å². The molecule has 1 unspecified atom stereocenters. The SMILES string of the molecule is CN(C)CC(C(=O)O)c1ccc2[nH]c(=O)oc2c1. The van der Waals surface area contributed by atoms with Crippen LogP contribution in [-0.2, 0) is 4.79 Å². The van der Waals surface area contributed by atoms with Crippen LogP contribution >= 0.6 is 0 Å². The van der Waals surface area contributed by atoms with Crippen molar-refractivity contribution in [3.63, 3.8) is 0 Å². The van der Waals surface area contributed by atoms with Crippen LogP contribution in [0.4, 0.5) is 0 Å². The predicted molar refractivity (Wildman–Crippen MR) is 65.8 cm³/mol. The van der Waals surface area contributed by atoms with E-state index >= 15 is 0 Å². The largest absolute Gasteiger partial charge is 0.481 e. The molecule has 0 saturated carbocycles. The Kier molecular flexibility index (Phi) is 3.20. The number of carboxylic acid groups (broad SMARTS) is 1. The highest BCUT2D eigenvalue weighted by Gasteiger charge is 2.21. The minimum atomic E-state index is -0.902. The van der Waals surface area contributed by atoms with Crippen molar-refractivity contribution in [2.24, 2.45) is 0 Å². The lowest BCUT2D eigenvalue weighted by atomic mass is 9.98. The highest BCUT2D eigenvalue weighted by atomic mass is 16.4. The summed E-state index contributed by atoms with van der Waals surface area (Å²) in [6.45, 7) is 0.384. The molecule has 2 rings (SSSR count). The van der Waals surface area contributed by atoms with Crippen LogP contribution in [0.5, 0.6) is 0 Å². The maximum Gasteiger partial charge on any atom is 0.417 e. The van der Waals surface area contributed by atoms with Crippen LogP contribution in [0, 0.1) is 0 Å². The zero-order chi connectivity index (χ0) is 13.3. The van der Waals surface area contributed by atoms with Gasteiger partial charge < -0.3 is 14.4 Å². The van der Waals surface area contributed by atoms with Crippen molar-refractivity contribution < 1.29 is 14.3 Å². The number of carbonyl (C=O) groups is 1. The van der Waals surface area contributed by atoms with Gasteiger partial charge in [-0.25, -0.2) is 4.79 Å². The average Bonchev–Trinajstić information content (AvgIpc) is 2.64. The fraction of sp³-hybridized carbons (Fsp3) is 0.333. The minimum Gasteiger partial charge on any atom is -0.481 e. The molecule has 0 fully saturated rings. The van der Waals surface area contributed by atoms with E-state index in [0.717, 1.165) is 0 Å². The van der Waals surface area contributed by atoms with E-state index in [0.29, 0.717) is 23.2 Å². The first kappa shape index (κ1) is 12.4. The van der Waals surface area contributed by atoms with Gasteiger partial charge in [0.25, 0.3) is 0 Å². The summed E-state index contributed by atoms with van der Waals surface area (Å²) in [5.41, 5.74) is 1.56. The molecule has 0 bridgehead atoms.